The molecule has 0 saturated carbocycles. The van der Waals surface area contributed by atoms with E-state index in [0.717, 1.165) is 33.2 Å². The van der Waals surface area contributed by atoms with Gasteiger partial charge in [-0.3, -0.25) is 33.7 Å². The zero-order valence-corrected chi connectivity index (χ0v) is 45.7. The second kappa shape index (κ2) is 26.8. The molecule has 4 aliphatic rings. The van der Waals surface area contributed by atoms with E-state index >= 15 is 28.8 Å². The maximum atomic E-state index is 15.8. The molecule has 7 amide bonds. The number of amides is 7. The molecule has 0 aliphatic carbocycles. The summed E-state index contributed by atoms with van der Waals surface area (Å²) in [5, 5.41) is 18.8. The van der Waals surface area contributed by atoms with Crippen LogP contribution in [0, 0.1) is 0 Å². The molecule has 428 valence electrons. The molecule has 82 heavy (non-hydrogen) atoms. The van der Waals surface area contributed by atoms with Crippen molar-refractivity contribution in [2.24, 2.45) is 5.73 Å². The molecule has 5 heterocycles. The zero-order chi connectivity index (χ0) is 57.0. The molecule has 0 spiro atoms. The standard InChI is InChI=1S/C62H71N11O9/c63-25-26-65-62(80)82-47-34-54-59(77)67-50(24-21-40-11-3-1-4-12-40)56(74)68-51(32-45-35-66-49-18-10-9-17-48(45)49)57(75)70-53(38-71-29-27-64-28-30-71)58(76)69-52(31-41-19-22-46(23-20-41)81-39-42-13-5-2-6-14-42)60(78)72-36-44-16-8-7-15-43(44)33-55(72)61(79)73(54)37-47/h1-20,22-23,35,47,50-55,64,66H,21,24-34,36-39,63H2,(H,65,80)(H,67,77)(H,68,74)(H,69,76)(H,70,75)/t47-,50-,51+,52+,53?,54+,55+/m1/s1. The number of ether oxygens (including phenoxy) is 2. The van der Waals surface area contributed by atoms with Crippen molar-refractivity contribution in [2.75, 3.05) is 52.4 Å². The molecular formula is C62H71N11O9. The molecule has 0 bridgehead atoms. The van der Waals surface area contributed by atoms with Crippen LogP contribution in [0.1, 0.15) is 46.2 Å². The van der Waals surface area contributed by atoms with Gasteiger partial charge >= 0.3 is 6.09 Å². The van der Waals surface area contributed by atoms with Crippen LogP contribution in [-0.2, 0) is 72.3 Å². The van der Waals surface area contributed by atoms with Crippen molar-refractivity contribution in [3.05, 3.63) is 173 Å². The fourth-order valence-corrected chi connectivity index (χ4v) is 11.4. The Bertz CT molecular complexity index is 3210. The Kier molecular flexibility index (Phi) is 18.5. The van der Waals surface area contributed by atoms with E-state index in [2.05, 4.69) is 41.8 Å². The van der Waals surface area contributed by atoms with Crippen LogP contribution in [0.5, 0.6) is 5.75 Å². The molecule has 9 N–H and O–H groups in total. The van der Waals surface area contributed by atoms with E-state index in [1.807, 2.05) is 121 Å². The number of hydrogen-bond acceptors (Lipinski definition) is 12. The van der Waals surface area contributed by atoms with Crippen molar-refractivity contribution in [1.82, 2.24) is 51.6 Å². The van der Waals surface area contributed by atoms with Gasteiger partial charge in [-0.1, -0.05) is 115 Å². The number of benzene rings is 5. The molecule has 1 unspecified atom stereocenters. The second-order valence-corrected chi connectivity index (χ2v) is 21.4. The van der Waals surface area contributed by atoms with Crippen molar-refractivity contribution in [3.8, 4) is 5.75 Å². The van der Waals surface area contributed by atoms with Crippen LogP contribution in [0.2, 0.25) is 0 Å². The lowest BCUT2D eigenvalue weighted by atomic mass is 9.91. The predicted octanol–water partition coefficient (Wildman–Crippen LogP) is 2.63. The van der Waals surface area contributed by atoms with Gasteiger partial charge in [0.05, 0.1) is 6.54 Å². The summed E-state index contributed by atoms with van der Waals surface area (Å²) in [4.78, 5) is 114. The number of para-hydroxylation sites is 1. The summed E-state index contributed by atoms with van der Waals surface area (Å²) in [6, 6.07) is 33.9. The number of carbonyl (C=O) groups excluding carboxylic acids is 7. The van der Waals surface area contributed by atoms with Gasteiger partial charge in [-0.05, 0) is 64.4 Å². The number of nitrogens with one attached hydrogen (secondary N) is 7. The van der Waals surface area contributed by atoms with E-state index < -0.39 is 83.9 Å². The predicted molar refractivity (Wildman–Crippen MR) is 307 cm³/mol. The molecule has 0 radical (unpaired) electrons. The minimum atomic E-state index is -1.29. The van der Waals surface area contributed by atoms with Gasteiger partial charge in [0, 0.05) is 95.1 Å². The lowest BCUT2D eigenvalue weighted by Crippen LogP contribution is -2.64. The van der Waals surface area contributed by atoms with E-state index in [4.69, 9.17) is 15.2 Å². The van der Waals surface area contributed by atoms with Crippen molar-refractivity contribution < 1.29 is 43.0 Å². The van der Waals surface area contributed by atoms with Crippen molar-refractivity contribution in [3.63, 3.8) is 0 Å². The van der Waals surface area contributed by atoms with Gasteiger partial charge in [0.1, 0.15) is 54.7 Å². The summed E-state index contributed by atoms with van der Waals surface area (Å²) in [5.74, 6) is -3.24. The number of aromatic nitrogens is 1. The highest BCUT2D eigenvalue weighted by atomic mass is 16.6. The third kappa shape index (κ3) is 14.1. The number of aryl methyl sites for hydroxylation is 1. The average molecular weight is 1110 g/mol. The van der Waals surface area contributed by atoms with Gasteiger partial charge in [0.2, 0.25) is 35.4 Å². The topological polar surface area (TPSA) is 262 Å². The molecule has 5 aromatic carbocycles. The van der Waals surface area contributed by atoms with Gasteiger partial charge < -0.3 is 61.9 Å². The van der Waals surface area contributed by atoms with Crippen LogP contribution in [0.25, 0.3) is 10.9 Å². The van der Waals surface area contributed by atoms with E-state index in [0.29, 0.717) is 56.1 Å². The molecule has 3 saturated heterocycles. The van der Waals surface area contributed by atoms with Gasteiger partial charge in [-0.2, -0.15) is 0 Å². The number of fused-ring (bicyclic) bond motifs is 4. The molecule has 1 aromatic heterocycles. The highest BCUT2D eigenvalue weighted by Gasteiger charge is 2.48. The molecule has 20 nitrogen and oxygen atoms in total. The monoisotopic (exact) mass is 1110 g/mol. The van der Waals surface area contributed by atoms with Crippen LogP contribution >= 0.6 is 0 Å². The van der Waals surface area contributed by atoms with Gasteiger partial charge in [-0.25, -0.2) is 4.79 Å². The lowest BCUT2D eigenvalue weighted by molar-refractivity contribution is -0.151. The first-order chi connectivity index (χ1) is 40.0. The number of piperazine rings is 1. The molecule has 3 fully saturated rings. The summed E-state index contributed by atoms with van der Waals surface area (Å²) >= 11 is 0. The van der Waals surface area contributed by atoms with Crippen molar-refractivity contribution in [1.29, 1.82) is 0 Å². The highest BCUT2D eigenvalue weighted by Crippen LogP contribution is 2.30. The third-order valence-corrected chi connectivity index (χ3v) is 15.8. The van der Waals surface area contributed by atoms with E-state index in [1.165, 1.54) is 9.80 Å². The number of rotatable bonds is 15. The van der Waals surface area contributed by atoms with Crippen LogP contribution in [0.4, 0.5) is 4.79 Å². The molecule has 6 aromatic rings. The largest absolute Gasteiger partial charge is 0.489 e. The molecular weight excluding hydrogens is 1040 g/mol. The number of alkyl carbamates (subject to hydrolysis) is 1. The summed E-state index contributed by atoms with van der Waals surface area (Å²) in [6.07, 6.45) is 0.329. The van der Waals surface area contributed by atoms with Gasteiger partial charge in [0.15, 0.2) is 0 Å². The first-order valence-electron chi connectivity index (χ1n) is 28.3. The molecule has 4 aliphatic heterocycles. The Balaban J connectivity index is 1.05. The van der Waals surface area contributed by atoms with Crippen molar-refractivity contribution in [2.45, 2.75) is 94.0 Å². The smallest absolute Gasteiger partial charge is 0.407 e. The summed E-state index contributed by atoms with van der Waals surface area (Å²) < 4.78 is 11.9. The normalized spacial score (nSPS) is 23.0. The maximum Gasteiger partial charge on any atom is 0.407 e. The number of H-pyrrole nitrogens is 1. The van der Waals surface area contributed by atoms with Crippen LogP contribution < -0.4 is 42.4 Å². The Labute approximate surface area is 476 Å². The Morgan fingerprint density at radius 1 is 0.622 bits per heavy atom. The number of nitrogens with two attached hydrogens (primary N) is 1. The summed E-state index contributed by atoms with van der Waals surface area (Å²) in [5.41, 5.74) is 11.3. The lowest BCUT2D eigenvalue weighted by Gasteiger charge is -2.40. The minimum absolute atomic E-state index is 0.0109. The number of nitrogens with zero attached hydrogens (tertiary/aromatic N) is 3. The second-order valence-electron chi connectivity index (χ2n) is 21.4. The Hall–Kier alpha value is -8.59. The minimum Gasteiger partial charge on any atom is -0.489 e. The molecule has 7 atom stereocenters. The number of carbonyl (C=O) groups is 7. The fourth-order valence-electron chi connectivity index (χ4n) is 11.4. The summed E-state index contributed by atoms with van der Waals surface area (Å²) in [7, 11) is 0. The number of aromatic amines is 1. The molecule has 20 heteroatoms. The summed E-state index contributed by atoms with van der Waals surface area (Å²) in [6.45, 7) is 2.85. The van der Waals surface area contributed by atoms with E-state index in [9.17, 15) is 4.79 Å². The Morgan fingerprint density at radius 3 is 2.02 bits per heavy atom. The number of hydrogen-bond donors (Lipinski definition) is 8. The quantitative estimate of drug-likeness (QED) is 0.0739. The Morgan fingerprint density at radius 2 is 1.27 bits per heavy atom. The zero-order valence-electron chi connectivity index (χ0n) is 45.7. The molecule has 10 rings (SSSR count). The SMILES string of the molecule is NCCNC(=O)O[C@@H]1C[C@H]2C(=O)N[C@H](CCc3ccccc3)C(=O)N[C@@H](Cc3c[nH]c4ccccc34)C(=O)NC(CN3CCNCC3)C(=O)N[C@@H](Cc3ccc(OCc4ccccc4)cc3)C(=O)N3Cc4ccccc4C[C@H]3C(=O)N2C1. The van der Waals surface area contributed by atoms with Crippen LogP contribution in [0.15, 0.2) is 140 Å². The van der Waals surface area contributed by atoms with E-state index in [-0.39, 0.29) is 64.8 Å². The third-order valence-electron chi connectivity index (χ3n) is 15.8. The maximum absolute atomic E-state index is 15.8. The fraction of sp³-hybridized carbons (Fsp3) is 0.371. The van der Waals surface area contributed by atoms with Gasteiger partial charge in [0.25, 0.3) is 0 Å². The van der Waals surface area contributed by atoms with Crippen molar-refractivity contribution >= 4 is 52.4 Å². The first-order valence-corrected chi connectivity index (χ1v) is 28.3. The van der Waals surface area contributed by atoms with Crippen LogP contribution in [0.3, 0.4) is 0 Å². The highest BCUT2D eigenvalue weighted by molar-refractivity contribution is 5.99. The average Bonchev–Trinajstić information content (AvgIpc) is 4.30. The first kappa shape index (κ1) is 56.7. The van der Waals surface area contributed by atoms with Crippen LogP contribution in [-0.4, -0.2) is 156 Å². The van der Waals surface area contributed by atoms with Gasteiger partial charge in [-0.15, -0.1) is 0 Å². The van der Waals surface area contributed by atoms with E-state index in [1.54, 1.807) is 18.3 Å².